The zero-order valence-corrected chi connectivity index (χ0v) is 17.4. The van der Waals surface area contributed by atoms with Gasteiger partial charge in [0, 0.05) is 19.2 Å². The minimum absolute atomic E-state index is 0.0465. The number of nitrogens with zero attached hydrogens (tertiary/aromatic N) is 4. The largest absolute Gasteiger partial charge is 0.611 e. The van der Waals surface area contributed by atoms with E-state index >= 15 is 0 Å². The quantitative estimate of drug-likeness (QED) is 0.677. The van der Waals surface area contributed by atoms with Crippen molar-refractivity contribution >= 4 is 22.9 Å². The van der Waals surface area contributed by atoms with Crippen molar-refractivity contribution in [3.8, 4) is 6.07 Å². The second-order valence-electron chi connectivity index (χ2n) is 6.96. The van der Waals surface area contributed by atoms with Crippen LogP contribution in [0.3, 0.4) is 0 Å². The van der Waals surface area contributed by atoms with Crippen molar-refractivity contribution in [1.29, 1.82) is 5.26 Å². The van der Waals surface area contributed by atoms with E-state index in [1.807, 2.05) is 13.0 Å². The molecule has 1 saturated heterocycles. The van der Waals surface area contributed by atoms with E-state index in [0.29, 0.717) is 13.0 Å². The van der Waals surface area contributed by atoms with E-state index in [-0.39, 0.29) is 35.4 Å². The van der Waals surface area contributed by atoms with Gasteiger partial charge in [0.1, 0.15) is 28.7 Å². The first kappa shape index (κ1) is 22.8. The average molecular weight is 451 g/mol. The smallest absolute Gasteiger partial charge is 0.421 e. The number of nitriles is 1. The molecule has 0 radical (unpaired) electrons. The van der Waals surface area contributed by atoms with Gasteiger partial charge in [-0.15, -0.1) is 0 Å². The summed E-state index contributed by atoms with van der Waals surface area (Å²) >= 11 is -2.01. The number of nitrogens with one attached hydrogen (secondary N) is 1. The molecule has 1 fully saturated rings. The Labute approximate surface area is 180 Å². The van der Waals surface area contributed by atoms with Crippen molar-refractivity contribution in [1.82, 2.24) is 15.3 Å². The highest BCUT2D eigenvalue weighted by molar-refractivity contribution is 7.92. The number of aromatic nitrogens is 2. The molecule has 1 aromatic heterocycles. The Morgan fingerprint density at radius 3 is 2.81 bits per heavy atom. The number of alkyl halides is 3. The minimum atomic E-state index is -4.64. The predicted octanol–water partition coefficient (Wildman–Crippen LogP) is 2.65. The highest BCUT2D eigenvalue weighted by atomic mass is 32.2. The number of halogens is 3. The monoisotopic (exact) mass is 451 g/mol. The van der Waals surface area contributed by atoms with Crippen LogP contribution in [0.4, 0.5) is 19.0 Å². The average Bonchev–Trinajstić information content (AvgIpc) is 3.22. The molecule has 0 aliphatic carbocycles. The molecule has 3 rings (SSSR count). The van der Waals surface area contributed by atoms with Crippen molar-refractivity contribution in [3.63, 3.8) is 0 Å². The fourth-order valence-corrected chi connectivity index (χ4v) is 5.06. The Hall–Kier alpha value is -2.84. The second-order valence-corrected chi connectivity index (χ2v) is 8.66. The summed E-state index contributed by atoms with van der Waals surface area (Å²) in [5, 5.41) is 11.1. The zero-order chi connectivity index (χ0) is 22.6. The first-order valence-corrected chi connectivity index (χ1v) is 10.8. The van der Waals surface area contributed by atoms with Gasteiger partial charge in [0.2, 0.25) is 11.7 Å². The summed E-state index contributed by atoms with van der Waals surface area (Å²) in [7, 11) is 0. The Kier molecular flexibility index (Phi) is 7.02. The van der Waals surface area contributed by atoms with Gasteiger partial charge >= 0.3 is 6.18 Å². The number of hydrogen-bond donors (Lipinski definition) is 1. The summed E-state index contributed by atoms with van der Waals surface area (Å²) < 4.78 is 53.4. The van der Waals surface area contributed by atoms with E-state index < -0.39 is 34.2 Å². The first-order valence-electron chi connectivity index (χ1n) is 9.60. The molecule has 11 heteroatoms. The molecule has 1 N–H and O–H groups in total. The Bertz CT molecular complexity index is 982. The van der Waals surface area contributed by atoms with Crippen LogP contribution in [-0.4, -0.2) is 44.8 Å². The number of amides is 1. The maximum Gasteiger partial charge on any atom is 0.421 e. The Morgan fingerprint density at radius 1 is 1.39 bits per heavy atom. The van der Waals surface area contributed by atoms with E-state index in [1.54, 1.807) is 4.90 Å². The Morgan fingerprint density at radius 2 is 2.13 bits per heavy atom. The lowest BCUT2D eigenvalue weighted by atomic mass is 10.2. The van der Waals surface area contributed by atoms with Crippen LogP contribution in [-0.2, 0) is 22.1 Å². The van der Waals surface area contributed by atoms with Crippen LogP contribution in [0, 0.1) is 11.3 Å². The minimum Gasteiger partial charge on any atom is -0.611 e. The molecule has 0 saturated carbocycles. The lowest BCUT2D eigenvalue weighted by molar-refractivity contribution is -0.139. The van der Waals surface area contributed by atoms with Gasteiger partial charge in [0.05, 0.1) is 6.54 Å². The molecular weight excluding hydrogens is 431 g/mol. The Balaban J connectivity index is 1.93. The third-order valence-corrected chi connectivity index (χ3v) is 6.60. The summed E-state index contributed by atoms with van der Waals surface area (Å²) in [6.45, 7) is 2.37. The number of anilines is 1. The molecule has 2 heterocycles. The summed E-state index contributed by atoms with van der Waals surface area (Å²) in [4.78, 5) is 21.9. The highest BCUT2D eigenvalue weighted by Gasteiger charge is 2.46. The van der Waals surface area contributed by atoms with Crippen molar-refractivity contribution in [2.24, 2.45) is 0 Å². The van der Waals surface area contributed by atoms with Gasteiger partial charge in [-0.2, -0.15) is 18.4 Å². The number of carbonyl (C=O) groups is 1. The fraction of sp³-hybridized carbons (Fsp3) is 0.400. The SMILES string of the molecule is CCCNC(=O)[C@@H]1C[C@H]([S+]([O-])c2ccccc2C(F)(F)F)CN1c1ccnc(C#N)n1. The van der Waals surface area contributed by atoms with Gasteiger partial charge in [-0.05, 0) is 35.8 Å². The standard InChI is InChI=1S/C20H20F3N5O2S/c1-2-8-26-19(29)15-10-13(12-28(15)18-7-9-25-17(11-24)27-18)31(30)16-6-4-3-5-14(16)20(21,22)23/h3-7,9,13,15H,2,8,10,12H2,1H3,(H,26,29)/t13-,15-,31?/m0/s1. The molecule has 1 aliphatic rings. The molecule has 2 aromatic rings. The second kappa shape index (κ2) is 9.53. The van der Waals surface area contributed by atoms with Crippen LogP contribution >= 0.6 is 0 Å². The van der Waals surface area contributed by atoms with Crippen LogP contribution in [0.1, 0.15) is 31.2 Å². The topological polar surface area (TPSA) is 105 Å². The van der Waals surface area contributed by atoms with Gasteiger partial charge in [-0.25, -0.2) is 9.97 Å². The van der Waals surface area contributed by atoms with Crippen molar-refractivity contribution in [2.45, 2.75) is 42.1 Å². The van der Waals surface area contributed by atoms with E-state index in [4.69, 9.17) is 5.26 Å². The molecule has 1 aromatic carbocycles. The van der Waals surface area contributed by atoms with E-state index in [2.05, 4.69) is 15.3 Å². The molecule has 31 heavy (non-hydrogen) atoms. The van der Waals surface area contributed by atoms with Crippen molar-refractivity contribution in [3.05, 3.63) is 47.9 Å². The zero-order valence-electron chi connectivity index (χ0n) is 16.6. The molecule has 1 amide bonds. The summed E-state index contributed by atoms with van der Waals surface area (Å²) in [6.07, 6.45) is -2.49. The molecular formula is C20H20F3N5O2S. The van der Waals surface area contributed by atoms with Crippen LogP contribution in [0.15, 0.2) is 41.4 Å². The number of carbonyl (C=O) groups excluding carboxylic acids is 1. The van der Waals surface area contributed by atoms with Gasteiger partial charge in [-0.1, -0.05) is 19.1 Å². The number of hydrogen-bond acceptors (Lipinski definition) is 6. The van der Waals surface area contributed by atoms with Crippen molar-refractivity contribution < 1.29 is 22.5 Å². The van der Waals surface area contributed by atoms with Gasteiger partial charge in [0.25, 0.3) is 0 Å². The van der Waals surface area contributed by atoms with Crippen LogP contribution < -0.4 is 10.2 Å². The number of benzene rings is 1. The maximum absolute atomic E-state index is 13.4. The predicted molar refractivity (Wildman–Crippen MR) is 107 cm³/mol. The third-order valence-electron chi connectivity index (χ3n) is 4.86. The fourth-order valence-electron chi connectivity index (χ4n) is 3.44. The highest BCUT2D eigenvalue weighted by Crippen LogP contribution is 2.38. The molecule has 3 atom stereocenters. The van der Waals surface area contributed by atoms with E-state index in [1.165, 1.54) is 30.5 Å². The van der Waals surface area contributed by atoms with Crippen LogP contribution in [0.25, 0.3) is 0 Å². The molecule has 7 nitrogen and oxygen atoms in total. The van der Waals surface area contributed by atoms with E-state index in [9.17, 15) is 22.5 Å². The lowest BCUT2D eigenvalue weighted by Gasteiger charge is -2.24. The maximum atomic E-state index is 13.4. The van der Waals surface area contributed by atoms with Gasteiger partial charge in [-0.3, -0.25) is 4.79 Å². The number of rotatable bonds is 6. The summed E-state index contributed by atoms with van der Waals surface area (Å²) in [5.74, 6) is -0.147. The summed E-state index contributed by atoms with van der Waals surface area (Å²) in [5.41, 5.74) is -0.951. The lowest BCUT2D eigenvalue weighted by Crippen LogP contribution is -2.44. The van der Waals surface area contributed by atoms with Crippen LogP contribution in [0.5, 0.6) is 0 Å². The molecule has 1 unspecified atom stereocenters. The van der Waals surface area contributed by atoms with Crippen molar-refractivity contribution in [2.75, 3.05) is 18.0 Å². The normalized spacial score (nSPS) is 19.7. The molecule has 0 bridgehead atoms. The molecule has 1 aliphatic heterocycles. The van der Waals surface area contributed by atoms with E-state index in [0.717, 1.165) is 6.07 Å². The van der Waals surface area contributed by atoms with Crippen LogP contribution in [0.2, 0.25) is 0 Å². The van der Waals surface area contributed by atoms with Gasteiger partial charge < -0.3 is 14.8 Å². The molecule has 164 valence electrons. The molecule has 0 spiro atoms. The first-order chi connectivity index (χ1) is 14.8. The summed E-state index contributed by atoms with van der Waals surface area (Å²) in [6, 6.07) is 7.30. The van der Waals surface area contributed by atoms with Gasteiger partial charge in [0.15, 0.2) is 4.90 Å². The third kappa shape index (κ3) is 5.08.